The second-order valence-electron chi connectivity index (χ2n) is 6.53. The number of rotatable bonds is 5. The highest BCUT2D eigenvalue weighted by molar-refractivity contribution is 9.10. The Morgan fingerprint density at radius 2 is 1.67 bits per heavy atom. The van der Waals surface area contributed by atoms with E-state index in [4.69, 9.17) is 0 Å². The van der Waals surface area contributed by atoms with Gasteiger partial charge in [0, 0.05) is 44.0 Å². The Balaban J connectivity index is 1.43. The van der Waals surface area contributed by atoms with E-state index in [9.17, 15) is 9.59 Å². The van der Waals surface area contributed by atoms with Crippen LogP contribution in [0.4, 0.5) is 5.69 Å². The number of carbonyl (C=O) groups is 2. The molecule has 0 fully saturated rings. The molecule has 6 nitrogen and oxygen atoms in total. The van der Waals surface area contributed by atoms with Gasteiger partial charge in [0.25, 0.3) is 11.8 Å². The van der Waals surface area contributed by atoms with E-state index in [1.807, 2.05) is 36.5 Å². The summed E-state index contributed by atoms with van der Waals surface area (Å²) in [6.07, 6.45) is 3.42. The van der Waals surface area contributed by atoms with Gasteiger partial charge >= 0.3 is 0 Å². The zero-order valence-electron chi connectivity index (χ0n) is 15.7. The lowest BCUT2D eigenvalue weighted by atomic mass is 10.1. The number of nitrogens with zero attached hydrogens (tertiary/aromatic N) is 1. The van der Waals surface area contributed by atoms with E-state index in [0.29, 0.717) is 16.8 Å². The first-order valence-corrected chi connectivity index (χ1v) is 9.96. The van der Waals surface area contributed by atoms with E-state index >= 15 is 0 Å². The Labute approximate surface area is 181 Å². The predicted octanol–water partition coefficient (Wildman–Crippen LogP) is 4.95. The molecular weight excluding hydrogens is 444 g/mol. The first-order chi connectivity index (χ1) is 14.6. The van der Waals surface area contributed by atoms with Crippen LogP contribution in [0.2, 0.25) is 0 Å². The standard InChI is InChI=1S/C23H17BrN4O2/c24-18-7-3-5-15(11-18)22(29)27-19-8-4-6-16(12-19)23(30)28-26-14-17-13-25-21-10-2-1-9-20(17)21/h1-14,25H,(H,27,29)(H,28,30)/b26-14+. The van der Waals surface area contributed by atoms with Gasteiger partial charge in [-0.1, -0.05) is 46.3 Å². The van der Waals surface area contributed by atoms with Crippen LogP contribution in [-0.2, 0) is 0 Å². The number of carbonyl (C=O) groups excluding carboxylic acids is 2. The lowest BCUT2D eigenvalue weighted by Gasteiger charge is -2.07. The zero-order valence-corrected chi connectivity index (χ0v) is 17.3. The summed E-state index contributed by atoms with van der Waals surface area (Å²) in [5.74, 6) is -0.629. The number of anilines is 1. The molecule has 0 saturated heterocycles. The molecule has 148 valence electrons. The number of nitrogens with one attached hydrogen (secondary N) is 3. The number of benzene rings is 3. The SMILES string of the molecule is O=C(N/N=C/c1c[nH]c2ccccc12)c1cccc(NC(=O)c2cccc(Br)c2)c1. The number of hydrogen-bond donors (Lipinski definition) is 3. The van der Waals surface area contributed by atoms with Crippen molar-refractivity contribution in [2.75, 3.05) is 5.32 Å². The van der Waals surface area contributed by atoms with Crippen molar-refractivity contribution in [1.82, 2.24) is 10.4 Å². The molecule has 4 aromatic rings. The molecule has 0 aliphatic heterocycles. The van der Waals surface area contributed by atoms with Crippen molar-refractivity contribution in [3.63, 3.8) is 0 Å². The molecule has 4 rings (SSSR count). The lowest BCUT2D eigenvalue weighted by Crippen LogP contribution is -2.18. The van der Waals surface area contributed by atoms with Crippen LogP contribution in [0.3, 0.4) is 0 Å². The van der Waals surface area contributed by atoms with Gasteiger partial charge < -0.3 is 10.3 Å². The molecule has 1 heterocycles. The van der Waals surface area contributed by atoms with Gasteiger partial charge in [-0.3, -0.25) is 9.59 Å². The molecule has 2 amide bonds. The Kier molecular flexibility index (Phi) is 5.72. The van der Waals surface area contributed by atoms with E-state index in [1.165, 1.54) is 0 Å². The smallest absolute Gasteiger partial charge is 0.271 e. The third kappa shape index (κ3) is 4.47. The van der Waals surface area contributed by atoms with Crippen molar-refractivity contribution in [2.45, 2.75) is 0 Å². The van der Waals surface area contributed by atoms with Gasteiger partial charge in [-0.05, 0) is 42.5 Å². The summed E-state index contributed by atoms with van der Waals surface area (Å²) in [7, 11) is 0. The van der Waals surface area contributed by atoms with Gasteiger partial charge in [0.05, 0.1) is 6.21 Å². The molecule has 1 aromatic heterocycles. The zero-order chi connectivity index (χ0) is 20.9. The fourth-order valence-electron chi connectivity index (χ4n) is 3.00. The van der Waals surface area contributed by atoms with Crippen LogP contribution in [0.25, 0.3) is 10.9 Å². The summed E-state index contributed by atoms with van der Waals surface area (Å²) >= 11 is 3.35. The average molecular weight is 461 g/mol. The summed E-state index contributed by atoms with van der Waals surface area (Å²) in [5, 5.41) is 7.87. The number of hydrazone groups is 1. The van der Waals surface area contributed by atoms with Crippen molar-refractivity contribution in [3.05, 3.63) is 100 Å². The van der Waals surface area contributed by atoms with Crippen molar-refractivity contribution in [3.8, 4) is 0 Å². The molecule has 0 saturated carbocycles. The Bertz CT molecular complexity index is 1260. The molecule has 0 spiro atoms. The van der Waals surface area contributed by atoms with E-state index < -0.39 is 0 Å². The molecule has 0 radical (unpaired) electrons. The second-order valence-corrected chi connectivity index (χ2v) is 7.45. The number of H-pyrrole nitrogens is 1. The van der Waals surface area contributed by atoms with Crippen LogP contribution in [0.1, 0.15) is 26.3 Å². The molecule has 0 aliphatic rings. The maximum absolute atomic E-state index is 12.4. The van der Waals surface area contributed by atoms with Crippen LogP contribution >= 0.6 is 15.9 Å². The van der Waals surface area contributed by atoms with E-state index in [1.54, 1.807) is 48.7 Å². The first-order valence-electron chi connectivity index (χ1n) is 9.17. The highest BCUT2D eigenvalue weighted by Crippen LogP contribution is 2.17. The Morgan fingerprint density at radius 1 is 0.900 bits per heavy atom. The molecular formula is C23H17BrN4O2. The van der Waals surface area contributed by atoms with Gasteiger partial charge in [0.15, 0.2) is 0 Å². The summed E-state index contributed by atoms with van der Waals surface area (Å²) < 4.78 is 0.816. The molecule has 0 aliphatic carbocycles. The number of fused-ring (bicyclic) bond motifs is 1. The van der Waals surface area contributed by atoms with Crippen molar-refractivity contribution >= 4 is 50.5 Å². The Hall–Kier alpha value is -3.71. The van der Waals surface area contributed by atoms with Crippen LogP contribution < -0.4 is 10.7 Å². The monoisotopic (exact) mass is 460 g/mol. The molecule has 3 N–H and O–H groups in total. The summed E-state index contributed by atoms with van der Waals surface area (Å²) in [4.78, 5) is 28.0. The molecule has 0 unspecified atom stereocenters. The quantitative estimate of drug-likeness (QED) is 0.290. The fourth-order valence-corrected chi connectivity index (χ4v) is 3.40. The number of aromatic nitrogens is 1. The third-order valence-corrected chi connectivity index (χ3v) is 4.95. The Morgan fingerprint density at radius 3 is 2.50 bits per heavy atom. The molecule has 7 heteroatoms. The molecule has 3 aromatic carbocycles. The molecule has 0 bridgehead atoms. The predicted molar refractivity (Wildman–Crippen MR) is 122 cm³/mol. The van der Waals surface area contributed by atoms with Gasteiger partial charge in [-0.25, -0.2) is 5.43 Å². The maximum Gasteiger partial charge on any atom is 0.271 e. The molecule has 30 heavy (non-hydrogen) atoms. The highest BCUT2D eigenvalue weighted by atomic mass is 79.9. The molecule has 0 atom stereocenters. The van der Waals surface area contributed by atoms with Gasteiger partial charge in [0.1, 0.15) is 0 Å². The van der Waals surface area contributed by atoms with Crippen molar-refractivity contribution in [2.24, 2.45) is 5.10 Å². The normalized spacial score (nSPS) is 11.0. The largest absolute Gasteiger partial charge is 0.361 e. The van der Waals surface area contributed by atoms with Crippen molar-refractivity contribution in [1.29, 1.82) is 0 Å². The summed E-state index contributed by atoms with van der Waals surface area (Å²) in [5.41, 5.74) is 5.82. The number of halogens is 1. The van der Waals surface area contributed by atoms with Gasteiger partial charge in [0.2, 0.25) is 0 Å². The minimum atomic E-state index is -0.371. The number of amides is 2. The van der Waals surface area contributed by atoms with E-state index in [0.717, 1.165) is 20.9 Å². The second kappa shape index (κ2) is 8.75. The van der Waals surface area contributed by atoms with E-state index in [-0.39, 0.29) is 11.8 Å². The number of para-hydroxylation sites is 1. The van der Waals surface area contributed by atoms with Crippen LogP contribution in [0.15, 0.2) is 88.6 Å². The first kappa shape index (κ1) is 19.6. The van der Waals surface area contributed by atoms with Gasteiger partial charge in [-0.15, -0.1) is 0 Å². The van der Waals surface area contributed by atoms with Crippen LogP contribution in [0, 0.1) is 0 Å². The van der Waals surface area contributed by atoms with Crippen LogP contribution in [-0.4, -0.2) is 23.0 Å². The highest BCUT2D eigenvalue weighted by Gasteiger charge is 2.09. The number of aromatic amines is 1. The maximum atomic E-state index is 12.4. The number of hydrogen-bond acceptors (Lipinski definition) is 3. The fraction of sp³-hybridized carbons (Fsp3) is 0. The summed E-state index contributed by atoms with van der Waals surface area (Å²) in [6, 6.07) is 21.6. The minimum absolute atomic E-state index is 0.258. The lowest BCUT2D eigenvalue weighted by molar-refractivity contribution is 0.0953. The van der Waals surface area contributed by atoms with Crippen molar-refractivity contribution < 1.29 is 9.59 Å². The topological polar surface area (TPSA) is 86.3 Å². The summed E-state index contributed by atoms with van der Waals surface area (Å²) in [6.45, 7) is 0. The van der Waals surface area contributed by atoms with E-state index in [2.05, 4.69) is 36.8 Å². The van der Waals surface area contributed by atoms with Crippen LogP contribution in [0.5, 0.6) is 0 Å². The van der Waals surface area contributed by atoms with Gasteiger partial charge in [-0.2, -0.15) is 5.10 Å². The third-order valence-electron chi connectivity index (χ3n) is 4.46. The minimum Gasteiger partial charge on any atom is -0.361 e. The average Bonchev–Trinajstić information content (AvgIpc) is 3.17.